The number of carbonyl (C=O) groups is 2. The maximum absolute atomic E-state index is 12.1. The van der Waals surface area contributed by atoms with Crippen molar-refractivity contribution >= 4 is 41.9 Å². The van der Waals surface area contributed by atoms with Gasteiger partial charge in [0.25, 0.3) is 0 Å². The van der Waals surface area contributed by atoms with E-state index in [4.69, 9.17) is 4.74 Å². The lowest BCUT2D eigenvalue weighted by molar-refractivity contribution is -0.119. The summed E-state index contributed by atoms with van der Waals surface area (Å²) in [4.78, 5) is 30.0. The van der Waals surface area contributed by atoms with Gasteiger partial charge in [0.05, 0.1) is 6.61 Å². The number of rotatable bonds is 8. The molecule has 1 aliphatic heterocycles. The third-order valence-corrected chi connectivity index (χ3v) is 4.67. The van der Waals surface area contributed by atoms with Gasteiger partial charge in [0.15, 0.2) is 5.96 Å². The lowest BCUT2D eigenvalue weighted by Crippen LogP contribution is -2.50. The van der Waals surface area contributed by atoms with Crippen LogP contribution in [0.4, 0.5) is 4.79 Å². The molecule has 0 radical (unpaired) electrons. The lowest BCUT2D eigenvalue weighted by Gasteiger charge is -2.32. The lowest BCUT2D eigenvalue weighted by atomic mass is 10.1. The van der Waals surface area contributed by atoms with Crippen molar-refractivity contribution in [3.63, 3.8) is 0 Å². The molecule has 0 unspecified atom stereocenters. The van der Waals surface area contributed by atoms with Crippen molar-refractivity contribution in [2.75, 3.05) is 39.3 Å². The SMILES string of the molecule is CCNC(=NCC(=O)NCCc1ccccc1)NC1CCN(C(=O)OCC)CC1.I. The van der Waals surface area contributed by atoms with Gasteiger partial charge in [-0.3, -0.25) is 4.79 Å². The number of benzene rings is 1. The van der Waals surface area contributed by atoms with Crippen LogP contribution in [0, 0.1) is 0 Å². The van der Waals surface area contributed by atoms with E-state index in [9.17, 15) is 9.59 Å². The third-order valence-electron chi connectivity index (χ3n) is 4.67. The maximum Gasteiger partial charge on any atom is 0.409 e. The van der Waals surface area contributed by atoms with E-state index < -0.39 is 0 Å². The van der Waals surface area contributed by atoms with Crippen LogP contribution in [0.3, 0.4) is 0 Å². The summed E-state index contributed by atoms with van der Waals surface area (Å²) >= 11 is 0. The van der Waals surface area contributed by atoms with Crippen LogP contribution in [-0.4, -0.2) is 68.2 Å². The number of nitrogens with one attached hydrogen (secondary N) is 3. The summed E-state index contributed by atoms with van der Waals surface area (Å²) in [6.45, 7) is 6.86. The van der Waals surface area contributed by atoms with Crippen LogP contribution in [0.5, 0.6) is 0 Å². The number of amides is 2. The molecular formula is C21H34IN5O3. The van der Waals surface area contributed by atoms with Gasteiger partial charge >= 0.3 is 6.09 Å². The first kappa shape index (κ1) is 26.0. The van der Waals surface area contributed by atoms with Crippen LogP contribution in [0.25, 0.3) is 0 Å². The molecule has 1 fully saturated rings. The molecule has 1 heterocycles. The van der Waals surface area contributed by atoms with Crippen LogP contribution in [0.15, 0.2) is 35.3 Å². The molecule has 2 rings (SSSR count). The summed E-state index contributed by atoms with van der Waals surface area (Å²) in [5.74, 6) is 0.524. The standard InChI is InChI=1S/C21H33N5O3.HI/c1-3-22-20(25-18-11-14-26(15-12-18)21(28)29-4-2)24-16-19(27)23-13-10-17-8-6-5-7-9-17;/h5-9,18H,3-4,10-16H2,1-2H3,(H,23,27)(H2,22,24,25);1H. The number of ether oxygens (including phenoxy) is 1. The van der Waals surface area contributed by atoms with Crippen LogP contribution in [0.2, 0.25) is 0 Å². The first-order valence-electron chi connectivity index (χ1n) is 10.4. The smallest absolute Gasteiger partial charge is 0.409 e. The molecule has 1 saturated heterocycles. The third kappa shape index (κ3) is 9.64. The summed E-state index contributed by atoms with van der Waals surface area (Å²) in [5.41, 5.74) is 1.19. The number of nitrogens with zero attached hydrogens (tertiary/aromatic N) is 2. The molecule has 2 amide bonds. The van der Waals surface area contributed by atoms with E-state index in [2.05, 4.69) is 20.9 Å². The largest absolute Gasteiger partial charge is 0.450 e. The van der Waals surface area contributed by atoms with Crippen molar-refractivity contribution in [3.05, 3.63) is 35.9 Å². The van der Waals surface area contributed by atoms with Gasteiger partial charge in [0, 0.05) is 32.2 Å². The summed E-state index contributed by atoms with van der Waals surface area (Å²) in [6, 6.07) is 10.3. The molecular weight excluding hydrogens is 497 g/mol. The zero-order chi connectivity index (χ0) is 20.9. The molecule has 0 bridgehead atoms. The van der Waals surface area contributed by atoms with Crippen LogP contribution >= 0.6 is 24.0 Å². The Morgan fingerprint density at radius 1 is 1.13 bits per heavy atom. The summed E-state index contributed by atoms with van der Waals surface area (Å²) in [6.07, 6.45) is 2.17. The van der Waals surface area contributed by atoms with E-state index >= 15 is 0 Å². The Balaban J connectivity index is 0.00000450. The van der Waals surface area contributed by atoms with E-state index in [0.29, 0.717) is 38.7 Å². The topological polar surface area (TPSA) is 95.1 Å². The predicted octanol–water partition coefficient (Wildman–Crippen LogP) is 2.14. The molecule has 0 saturated carbocycles. The quantitative estimate of drug-likeness (QED) is 0.272. The number of piperidine rings is 1. The van der Waals surface area contributed by atoms with Crippen LogP contribution in [-0.2, 0) is 16.0 Å². The van der Waals surface area contributed by atoms with Gasteiger partial charge in [0.2, 0.25) is 5.91 Å². The van der Waals surface area contributed by atoms with E-state index in [-0.39, 0.29) is 48.6 Å². The Bertz CT molecular complexity index is 664. The van der Waals surface area contributed by atoms with Gasteiger partial charge in [-0.2, -0.15) is 0 Å². The highest BCUT2D eigenvalue weighted by Gasteiger charge is 2.24. The molecule has 1 aromatic carbocycles. The van der Waals surface area contributed by atoms with E-state index in [0.717, 1.165) is 19.3 Å². The van der Waals surface area contributed by atoms with E-state index in [1.54, 1.807) is 4.90 Å². The number of likely N-dealkylation sites (tertiary alicyclic amines) is 1. The average molecular weight is 531 g/mol. The second-order valence-electron chi connectivity index (χ2n) is 6.89. The molecule has 8 nitrogen and oxygen atoms in total. The highest BCUT2D eigenvalue weighted by molar-refractivity contribution is 14.0. The van der Waals surface area contributed by atoms with Gasteiger partial charge in [-0.05, 0) is 38.7 Å². The molecule has 3 N–H and O–H groups in total. The first-order valence-corrected chi connectivity index (χ1v) is 10.4. The number of aliphatic imine (C=N–C) groups is 1. The minimum Gasteiger partial charge on any atom is -0.450 e. The molecule has 30 heavy (non-hydrogen) atoms. The molecule has 0 aromatic heterocycles. The number of guanidine groups is 1. The van der Waals surface area contributed by atoms with Crippen molar-refractivity contribution in [1.82, 2.24) is 20.9 Å². The molecule has 0 spiro atoms. The van der Waals surface area contributed by atoms with Gasteiger partial charge in [-0.1, -0.05) is 30.3 Å². The minimum atomic E-state index is -0.251. The molecule has 1 aliphatic rings. The highest BCUT2D eigenvalue weighted by atomic mass is 127. The molecule has 168 valence electrons. The van der Waals surface area contributed by atoms with Crippen molar-refractivity contribution in [2.24, 2.45) is 4.99 Å². The molecule has 0 atom stereocenters. The number of carbonyl (C=O) groups excluding carboxylic acids is 2. The van der Waals surface area contributed by atoms with Crippen molar-refractivity contribution in [1.29, 1.82) is 0 Å². The van der Waals surface area contributed by atoms with Gasteiger partial charge in [-0.25, -0.2) is 9.79 Å². The second kappa shape index (κ2) is 14.9. The minimum absolute atomic E-state index is 0. The summed E-state index contributed by atoms with van der Waals surface area (Å²) in [7, 11) is 0. The van der Waals surface area contributed by atoms with Crippen LogP contribution < -0.4 is 16.0 Å². The van der Waals surface area contributed by atoms with Gasteiger partial charge in [0.1, 0.15) is 6.54 Å². The fraction of sp³-hybridized carbons (Fsp3) is 0.571. The number of hydrogen-bond donors (Lipinski definition) is 3. The Kier molecular flexibility index (Phi) is 12.9. The fourth-order valence-corrected chi connectivity index (χ4v) is 3.13. The number of hydrogen-bond acceptors (Lipinski definition) is 4. The average Bonchev–Trinajstić information content (AvgIpc) is 2.73. The predicted molar refractivity (Wildman–Crippen MR) is 129 cm³/mol. The van der Waals surface area contributed by atoms with E-state index in [1.165, 1.54) is 5.56 Å². The number of halogens is 1. The van der Waals surface area contributed by atoms with Crippen molar-refractivity contribution in [3.8, 4) is 0 Å². The monoisotopic (exact) mass is 531 g/mol. The van der Waals surface area contributed by atoms with Gasteiger partial charge in [-0.15, -0.1) is 24.0 Å². The van der Waals surface area contributed by atoms with Gasteiger partial charge < -0.3 is 25.6 Å². The van der Waals surface area contributed by atoms with Crippen molar-refractivity contribution in [2.45, 2.75) is 39.2 Å². The second-order valence-corrected chi connectivity index (χ2v) is 6.89. The Hall–Kier alpha value is -2.04. The maximum atomic E-state index is 12.1. The fourth-order valence-electron chi connectivity index (χ4n) is 3.13. The van der Waals surface area contributed by atoms with Crippen LogP contribution in [0.1, 0.15) is 32.3 Å². The van der Waals surface area contributed by atoms with E-state index in [1.807, 2.05) is 44.2 Å². The molecule has 1 aromatic rings. The Labute approximate surface area is 196 Å². The highest BCUT2D eigenvalue weighted by Crippen LogP contribution is 2.11. The Morgan fingerprint density at radius 3 is 2.47 bits per heavy atom. The molecule has 0 aliphatic carbocycles. The zero-order valence-electron chi connectivity index (χ0n) is 17.9. The zero-order valence-corrected chi connectivity index (χ0v) is 20.2. The summed E-state index contributed by atoms with van der Waals surface area (Å²) < 4.78 is 5.05. The summed E-state index contributed by atoms with van der Waals surface area (Å²) in [5, 5.41) is 9.44. The Morgan fingerprint density at radius 2 is 1.83 bits per heavy atom. The van der Waals surface area contributed by atoms with Crippen molar-refractivity contribution < 1.29 is 14.3 Å². The normalized spacial score (nSPS) is 14.5. The molecule has 9 heteroatoms. The first-order chi connectivity index (χ1) is 14.1.